The summed E-state index contributed by atoms with van der Waals surface area (Å²) in [5.74, 6) is 1.28. The number of hydrogen-bond acceptors (Lipinski definition) is 7. The van der Waals surface area contributed by atoms with Crippen LogP contribution in [0, 0.1) is 0 Å². The van der Waals surface area contributed by atoms with Gasteiger partial charge in [-0.3, -0.25) is 9.69 Å². The first kappa shape index (κ1) is 24.1. The molecule has 1 aromatic rings. The first-order valence-corrected chi connectivity index (χ1v) is 7.90. The lowest BCUT2D eigenvalue weighted by Gasteiger charge is -2.35. The van der Waals surface area contributed by atoms with E-state index in [1.165, 1.54) is 0 Å². The van der Waals surface area contributed by atoms with E-state index in [1.54, 1.807) is 12.0 Å². The van der Waals surface area contributed by atoms with Crippen LogP contribution in [0.1, 0.15) is 32.5 Å². The molecule has 1 aliphatic rings. The summed E-state index contributed by atoms with van der Waals surface area (Å²) >= 11 is 0. The van der Waals surface area contributed by atoms with Crippen molar-refractivity contribution in [3.8, 4) is 0 Å². The van der Waals surface area contributed by atoms with Crippen molar-refractivity contribution in [3.05, 3.63) is 11.7 Å². The molecule has 0 saturated carbocycles. The zero-order valence-electron chi connectivity index (χ0n) is 15.2. The standard InChI is InChI=1S/C15H27N5O3.2ClH/c1-15(2,3)14-17-12(18-23-14)9-19-5-7-20(8-6-19)13(21)11(16)10-22-4;;/h11H,5-10,16H2,1-4H3;2*1H. The van der Waals surface area contributed by atoms with E-state index < -0.39 is 6.04 Å². The topological polar surface area (TPSA) is 97.7 Å². The zero-order chi connectivity index (χ0) is 17.0. The van der Waals surface area contributed by atoms with Gasteiger partial charge in [0, 0.05) is 38.7 Å². The molecule has 0 spiro atoms. The van der Waals surface area contributed by atoms with Crippen LogP contribution in [0.25, 0.3) is 0 Å². The van der Waals surface area contributed by atoms with Gasteiger partial charge in [-0.25, -0.2) is 0 Å². The van der Waals surface area contributed by atoms with Crippen LogP contribution in [0.4, 0.5) is 0 Å². The van der Waals surface area contributed by atoms with E-state index in [1.807, 2.05) is 20.8 Å². The van der Waals surface area contributed by atoms with E-state index >= 15 is 0 Å². The van der Waals surface area contributed by atoms with Crippen molar-refractivity contribution in [1.82, 2.24) is 19.9 Å². The van der Waals surface area contributed by atoms with Crippen molar-refractivity contribution in [1.29, 1.82) is 0 Å². The second kappa shape index (κ2) is 10.3. The van der Waals surface area contributed by atoms with Crippen molar-refractivity contribution >= 4 is 30.7 Å². The number of rotatable bonds is 5. The number of carbonyl (C=O) groups excluding carboxylic acids is 1. The van der Waals surface area contributed by atoms with Gasteiger partial charge in [0.25, 0.3) is 0 Å². The van der Waals surface area contributed by atoms with Crippen LogP contribution in [0.15, 0.2) is 4.52 Å². The summed E-state index contributed by atoms with van der Waals surface area (Å²) in [4.78, 5) is 20.6. The van der Waals surface area contributed by atoms with Crippen LogP contribution >= 0.6 is 24.8 Å². The molecule has 25 heavy (non-hydrogen) atoms. The maximum atomic E-state index is 12.1. The van der Waals surface area contributed by atoms with Gasteiger partial charge in [-0.2, -0.15) is 4.98 Å². The van der Waals surface area contributed by atoms with E-state index in [9.17, 15) is 4.79 Å². The monoisotopic (exact) mass is 397 g/mol. The van der Waals surface area contributed by atoms with Crippen LogP contribution in [0.5, 0.6) is 0 Å². The Morgan fingerprint density at radius 3 is 2.36 bits per heavy atom. The minimum absolute atomic E-state index is 0. The lowest BCUT2D eigenvalue weighted by Crippen LogP contribution is -2.53. The summed E-state index contributed by atoms with van der Waals surface area (Å²) in [7, 11) is 1.54. The Morgan fingerprint density at radius 1 is 1.28 bits per heavy atom. The molecule has 1 aliphatic heterocycles. The van der Waals surface area contributed by atoms with Gasteiger partial charge >= 0.3 is 0 Å². The minimum Gasteiger partial charge on any atom is -0.383 e. The number of nitrogens with zero attached hydrogens (tertiary/aromatic N) is 4. The molecule has 1 aromatic heterocycles. The van der Waals surface area contributed by atoms with E-state index in [0.29, 0.717) is 31.3 Å². The lowest BCUT2D eigenvalue weighted by atomic mass is 9.97. The number of piperazine rings is 1. The summed E-state index contributed by atoms with van der Waals surface area (Å²) in [5.41, 5.74) is 5.65. The van der Waals surface area contributed by atoms with E-state index in [4.69, 9.17) is 15.0 Å². The molecule has 0 aromatic carbocycles. The highest BCUT2D eigenvalue weighted by Gasteiger charge is 2.27. The smallest absolute Gasteiger partial charge is 0.241 e. The van der Waals surface area contributed by atoms with Crippen LogP contribution in [0.2, 0.25) is 0 Å². The third kappa shape index (κ3) is 6.71. The Hall–Kier alpha value is -0.930. The maximum absolute atomic E-state index is 12.1. The average molecular weight is 398 g/mol. The molecule has 10 heteroatoms. The van der Waals surface area contributed by atoms with E-state index in [-0.39, 0.29) is 42.7 Å². The predicted molar refractivity (Wildman–Crippen MR) is 99.2 cm³/mol. The van der Waals surface area contributed by atoms with Gasteiger partial charge in [0.15, 0.2) is 5.82 Å². The molecule has 1 fully saturated rings. The fourth-order valence-corrected chi connectivity index (χ4v) is 2.43. The zero-order valence-corrected chi connectivity index (χ0v) is 16.9. The number of hydrogen-bond donors (Lipinski definition) is 1. The molecule has 1 atom stereocenters. The highest BCUT2D eigenvalue weighted by Crippen LogP contribution is 2.20. The Kier molecular flexibility index (Phi) is 9.89. The molecule has 146 valence electrons. The average Bonchev–Trinajstić information content (AvgIpc) is 2.96. The maximum Gasteiger partial charge on any atom is 0.241 e. The molecular formula is C15H29Cl2N5O3. The molecule has 2 heterocycles. The summed E-state index contributed by atoms with van der Waals surface area (Å²) in [6, 6.07) is -0.585. The number of amides is 1. The second-order valence-corrected chi connectivity index (χ2v) is 6.93. The molecule has 1 saturated heterocycles. The van der Waals surface area contributed by atoms with Gasteiger partial charge in [-0.05, 0) is 0 Å². The molecule has 0 bridgehead atoms. The first-order chi connectivity index (χ1) is 10.8. The number of nitrogens with two attached hydrogens (primary N) is 1. The van der Waals surface area contributed by atoms with Crippen molar-refractivity contribution in [2.45, 2.75) is 38.8 Å². The van der Waals surface area contributed by atoms with E-state index in [2.05, 4.69) is 15.0 Å². The fraction of sp³-hybridized carbons (Fsp3) is 0.800. The molecule has 1 unspecified atom stereocenters. The van der Waals surface area contributed by atoms with Gasteiger partial charge < -0.3 is 19.9 Å². The van der Waals surface area contributed by atoms with Gasteiger partial charge in [-0.1, -0.05) is 25.9 Å². The van der Waals surface area contributed by atoms with Gasteiger partial charge in [0.1, 0.15) is 6.04 Å². The third-order valence-electron chi connectivity index (χ3n) is 3.82. The second-order valence-electron chi connectivity index (χ2n) is 6.93. The van der Waals surface area contributed by atoms with Crippen molar-refractivity contribution in [2.75, 3.05) is 39.9 Å². The quantitative estimate of drug-likeness (QED) is 0.785. The molecular weight excluding hydrogens is 369 g/mol. The molecule has 0 aliphatic carbocycles. The van der Waals surface area contributed by atoms with Crippen LogP contribution in [-0.2, 0) is 21.5 Å². The van der Waals surface area contributed by atoms with Crippen LogP contribution < -0.4 is 5.73 Å². The third-order valence-corrected chi connectivity index (χ3v) is 3.82. The summed E-state index contributed by atoms with van der Waals surface area (Å²) in [5, 5.41) is 4.04. The molecule has 2 rings (SSSR count). The van der Waals surface area contributed by atoms with Crippen molar-refractivity contribution in [3.63, 3.8) is 0 Å². The Morgan fingerprint density at radius 2 is 1.88 bits per heavy atom. The number of carbonyl (C=O) groups is 1. The first-order valence-electron chi connectivity index (χ1n) is 7.90. The Labute approximate surface area is 161 Å². The summed E-state index contributed by atoms with van der Waals surface area (Å²) in [6.07, 6.45) is 0. The lowest BCUT2D eigenvalue weighted by molar-refractivity contribution is -0.135. The normalized spacial score (nSPS) is 16.8. The van der Waals surface area contributed by atoms with Gasteiger partial charge in [0.2, 0.25) is 11.8 Å². The fourth-order valence-electron chi connectivity index (χ4n) is 2.43. The Balaban J connectivity index is 0.00000288. The van der Waals surface area contributed by atoms with Gasteiger partial charge in [0.05, 0.1) is 13.2 Å². The highest BCUT2D eigenvalue weighted by molar-refractivity contribution is 5.85. The number of ether oxygens (including phenoxy) is 1. The number of halogens is 2. The SMILES string of the molecule is COCC(N)C(=O)N1CCN(Cc2noc(C(C)(C)C)n2)CC1.Cl.Cl. The number of methoxy groups -OCH3 is 1. The van der Waals surface area contributed by atoms with Crippen LogP contribution in [0.3, 0.4) is 0 Å². The molecule has 2 N–H and O–H groups in total. The van der Waals surface area contributed by atoms with Gasteiger partial charge in [-0.15, -0.1) is 24.8 Å². The van der Waals surface area contributed by atoms with Crippen LogP contribution in [-0.4, -0.2) is 71.8 Å². The van der Waals surface area contributed by atoms with Crippen molar-refractivity contribution < 1.29 is 14.1 Å². The molecule has 0 radical (unpaired) electrons. The minimum atomic E-state index is -0.585. The Bertz CT molecular complexity index is 527. The van der Waals surface area contributed by atoms with Crippen molar-refractivity contribution in [2.24, 2.45) is 5.73 Å². The highest BCUT2D eigenvalue weighted by atomic mass is 35.5. The largest absolute Gasteiger partial charge is 0.383 e. The summed E-state index contributed by atoms with van der Waals surface area (Å²) < 4.78 is 10.2. The predicted octanol–water partition coefficient (Wildman–Crippen LogP) is 0.829. The van der Waals surface area contributed by atoms with E-state index in [0.717, 1.165) is 13.1 Å². The number of aromatic nitrogens is 2. The molecule has 8 nitrogen and oxygen atoms in total. The summed E-state index contributed by atoms with van der Waals surface area (Å²) in [6.45, 7) is 9.84. The molecule has 1 amide bonds.